The number of carbonyl (C=O) groups excluding carboxylic acids is 1. The van der Waals surface area contributed by atoms with Crippen LogP contribution in [0.15, 0.2) is 72.9 Å². The molecule has 49 heavy (non-hydrogen) atoms. The zero-order valence-electron chi connectivity index (χ0n) is 26.9. The fourth-order valence-corrected chi connectivity index (χ4v) is 4.72. The fourth-order valence-electron chi connectivity index (χ4n) is 4.72. The third-order valence-corrected chi connectivity index (χ3v) is 7.11. The smallest absolute Gasteiger partial charge is 0.483 e. The van der Waals surface area contributed by atoms with Crippen molar-refractivity contribution in [3.05, 3.63) is 89.6 Å². The number of nitrogens with zero attached hydrogens (tertiary/aromatic N) is 4. The Hall–Kier alpha value is -5.15. The topological polar surface area (TPSA) is 137 Å². The normalized spacial score (nSPS) is 13.2. The first-order chi connectivity index (χ1) is 22.9. The van der Waals surface area contributed by atoms with Crippen LogP contribution in [-0.4, -0.2) is 69.1 Å². The van der Waals surface area contributed by atoms with E-state index in [0.717, 1.165) is 38.2 Å². The van der Waals surface area contributed by atoms with Gasteiger partial charge in [-0.3, -0.25) is 9.59 Å². The summed E-state index contributed by atoms with van der Waals surface area (Å²) in [7, 11) is 0. The van der Waals surface area contributed by atoms with Crippen molar-refractivity contribution in [3.63, 3.8) is 0 Å². The van der Waals surface area contributed by atoms with E-state index in [1.54, 1.807) is 10.7 Å². The Morgan fingerprint density at radius 3 is 1.98 bits per heavy atom. The van der Waals surface area contributed by atoms with E-state index in [4.69, 9.17) is 24.9 Å². The molecule has 0 unspecified atom stereocenters. The number of nitrogens with one attached hydrogen (secondary N) is 1. The SMILES string of the molecule is CC(C)(C)c1ccc(C(=O)Nc2cn3nc(N4CCC(Cc5ccccc5)CC4)ccc3n2)cc1.FC(F)F.O=C(O)C(F)(F)F.O=CO. The fraction of sp³-hybridized carbons (Fsp3) is 0.364. The van der Waals surface area contributed by atoms with E-state index in [-0.39, 0.29) is 17.8 Å². The summed E-state index contributed by atoms with van der Waals surface area (Å²) in [5, 5.41) is 21.7. The maximum Gasteiger partial charge on any atom is 0.490 e. The lowest BCUT2D eigenvalue weighted by Gasteiger charge is -2.32. The summed E-state index contributed by atoms with van der Waals surface area (Å²) in [5.74, 6) is -0.767. The molecule has 0 spiro atoms. The van der Waals surface area contributed by atoms with Gasteiger partial charge in [0.25, 0.3) is 12.4 Å². The predicted octanol–water partition coefficient (Wildman–Crippen LogP) is 7.25. The standard InChI is InChI=1S/C29H33N5O.C2HF3O2.CHF3.CH2O2/c1-29(2,3)24-11-9-23(10-12-24)28(35)31-25-20-34-26(30-25)13-14-27(32-34)33-17-15-22(16-18-33)19-21-7-5-4-6-8-21;3-2(4,5)1(6)7;2-1(3)4;2-1-3/h4-14,20,22H,15-19H2,1-3H3,(H,31,35);(H,6,7);1H;1H,(H,2,3). The molecule has 0 radical (unpaired) electrons. The van der Waals surface area contributed by atoms with Gasteiger partial charge in [0, 0.05) is 18.7 Å². The number of alkyl halides is 6. The molecule has 0 bridgehead atoms. The van der Waals surface area contributed by atoms with Crippen molar-refractivity contribution in [1.82, 2.24) is 14.6 Å². The van der Waals surface area contributed by atoms with Gasteiger partial charge in [-0.05, 0) is 66.0 Å². The molecule has 266 valence electrons. The molecular weight excluding hydrogens is 660 g/mol. The van der Waals surface area contributed by atoms with Gasteiger partial charge in [-0.1, -0.05) is 63.2 Å². The largest absolute Gasteiger partial charge is 0.490 e. The Kier molecular flexibility index (Phi) is 15.0. The van der Waals surface area contributed by atoms with Crippen molar-refractivity contribution in [2.45, 2.75) is 58.3 Å². The zero-order chi connectivity index (χ0) is 36.8. The quantitative estimate of drug-likeness (QED) is 0.147. The highest BCUT2D eigenvalue weighted by molar-refractivity contribution is 6.03. The summed E-state index contributed by atoms with van der Waals surface area (Å²) in [6.07, 6.45) is 0.161. The number of imidazole rings is 1. The predicted molar refractivity (Wildman–Crippen MR) is 171 cm³/mol. The van der Waals surface area contributed by atoms with Crippen LogP contribution in [-0.2, 0) is 21.4 Å². The minimum Gasteiger partial charge on any atom is -0.483 e. The number of rotatable bonds is 5. The molecular formula is C33H37F6N5O5. The first-order valence-corrected chi connectivity index (χ1v) is 14.8. The van der Waals surface area contributed by atoms with Crippen LogP contribution in [0.3, 0.4) is 0 Å². The van der Waals surface area contributed by atoms with Crippen molar-refractivity contribution >= 4 is 35.6 Å². The van der Waals surface area contributed by atoms with Crippen LogP contribution < -0.4 is 10.2 Å². The van der Waals surface area contributed by atoms with Gasteiger partial charge in [0.2, 0.25) is 0 Å². The second-order valence-corrected chi connectivity index (χ2v) is 11.7. The summed E-state index contributed by atoms with van der Waals surface area (Å²) in [6, 6.07) is 22.5. The van der Waals surface area contributed by atoms with Crippen LogP contribution in [0.1, 0.15) is 55.1 Å². The molecule has 4 aromatic rings. The van der Waals surface area contributed by atoms with E-state index >= 15 is 0 Å². The summed E-state index contributed by atoms with van der Waals surface area (Å²) < 4.78 is 62.5. The molecule has 1 amide bonds. The van der Waals surface area contributed by atoms with Crippen LogP contribution in [0.2, 0.25) is 0 Å². The molecule has 1 aliphatic rings. The first-order valence-electron chi connectivity index (χ1n) is 14.8. The van der Waals surface area contributed by atoms with Gasteiger partial charge in [0.05, 0.1) is 6.20 Å². The summed E-state index contributed by atoms with van der Waals surface area (Å²) >= 11 is 0. The Bertz CT molecular complexity index is 1620. The molecule has 2 aromatic heterocycles. The lowest BCUT2D eigenvalue weighted by atomic mass is 9.87. The number of amides is 1. The lowest BCUT2D eigenvalue weighted by Crippen LogP contribution is -2.35. The van der Waals surface area contributed by atoms with Crippen molar-refractivity contribution < 1.29 is 50.9 Å². The molecule has 1 saturated heterocycles. The number of halogens is 6. The molecule has 10 nitrogen and oxygen atoms in total. The van der Waals surface area contributed by atoms with Crippen LogP contribution in [0.25, 0.3) is 5.65 Å². The Balaban J connectivity index is 0.000000506. The molecule has 3 N–H and O–H groups in total. The van der Waals surface area contributed by atoms with Gasteiger partial charge in [0.1, 0.15) is 5.82 Å². The highest BCUT2D eigenvalue weighted by atomic mass is 19.4. The Morgan fingerprint density at radius 2 is 1.49 bits per heavy atom. The number of hydrogen-bond acceptors (Lipinski definition) is 6. The van der Waals surface area contributed by atoms with E-state index in [9.17, 15) is 31.1 Å². The molecule has 0 atom stereocenters. The minimum absolute atomic E-state index is 0.0527. The van der Waals surface area contributed by atoms with E-state index in [0.29, 0.717) is 22.9 Å². The number of carbonyl (C=O) groups is 3. The van der Waals surface area contributed by atoms with E-state index in [2.05, 4.69) is 66.3 Å². The van der Waals surface area contributed by atoms with Crippen molar-refractivity contribution in [1.29, 1.82) is 0 Å². The maximum absolute atomic E-state index is 12.7. The zero-order valence-corrected chi connectivity index (χ0v) is 26.9. The maximum atomic E-state index is 12.7. The number of hydrogen-bond donors (Lipinski definition) is 3. The number of aromatic nitrogens is 3. The molecule has 5 rings (SSSR count). The van der Waals surface area contributed by atoms with Crippen molar-refractivity contribution in [2.24, 2.45) is 5.92 Å². The second kappa shape index (κ2) is 18.4. The second-order valence-electron chi connectivity index (χ2n) is 11.7. The summed E-state index contributed by atoms with van der Waals surface area (Å²) in [5.41, 5.74) is 4.00. The third-order valence-electron chi connectivity index (χ3n) is 7.11. The van der Waals surface area contributed by atoms with E-state index in [1.165, 1.54) is 11.1 Å². The average Bonchev–Trinajstić information content (AvgIpc) is 3.43. The molecule has 2 aromatic carbocycles. The van der Waals surface area contributed by atoms with Gasteiger partial charge < -0.3 is 20.4 Å². The van der Waals surface area contributed by atoms with Gasteiger partial charge in [-0.25, -0.2) is 14.3 Å². The number of carboxylic acids is 1. The molecule has 16 heteroatoms. The van der Waals surface area contributed by atoms with Crippen LogP contribution in [0.4, 0.5) is 38.0 Å². The molecule has 1 fully saturated rings. The summed E-state index contributed by atoms with van der Waals surface area (Å²) in [4.78, 5) is 36.9. The molecule has 0 aliphatic carbocycles. The molecule has 1 aliphatic heterocycles. The first kappa shape index (κ1) is 40.0. The monoisotopic (exact) mass is 697 g/mol. The van der Waals surface area contributed by atoms with Gasteiger partial charge in [0.15, 0.2) is 11.5 Å². The average molecular weight is 698 g/mol. The number of anilines is 2. The number of fused-ring (bicyclic) bond motifs is 1. The third kappa shape index (κ3) is 13.9. The summed E-state index contributed by atoms with van der Waals surface area (Å²) in [6.45, 7) is 4.56. The van der Waals surface area contributed by atoms with Gasteiger partial charge in [-0.15, -0.1) is 5.10 Å². The highest BCUT2D eigenvalue weighted by Gasteiger charge is 2.38. The van der Waals surface area contributed by atoms with Crippen LogP contribution in [0.5, 0.6) is 0 Å². The number of carboxylic acid groups (broad SMARTS) is 2. The van der Waals surface area contributed by atoms with E-state index < -0.39 is 18.8 Å². The number of aliphatic carboxylic acids is 1. The molecule has 0 saturated carbocycles. The van der Waals surface area contributed by atoms with Gasteiger partial charge >= 0.3 is 18.8 Å². The van der Waals surface area contributed by atoms with Crippen molar-refractivity contribution in [3.8, 4) is 0 Å². The number of piperidine rings is 1. The van der Waals surface area contributed by atoms with Crippen LogP contribution >= 0.6 is 0 Å². The Labute approximate surface area is 278 Å². The Morgan fingerprint density at radius 1 is 0.959 bits per heavy atom. The lowest BCUT2D eigenvalue weighted by molar-refractivity contribution is -0.192. The minimum atomic E-state index is -5.08. The number of benzene rings is 2. The van der Waals surface area contributed by atoms with Crippen LogP contribution in [0, 0.1) is 5.92 Å². The highest BCUT2D eigenvalue weighted by Crippen LogP contribution is 2.26. The van der Waals surface area contributed by atoms with Crippen molar-refractivity contribution in [2.75, 3.05) is 23.3 Å². The van der Waals surface area contributed by atoms with E-state index in [1.807, 2.05) is 36.4 Å². The molecule has 3 heterocycles. The van der Waals surface area contributed by atoms with Gasteiger partial charge in [-0.2, -0.15) is 26.3 Å².